The van der Waals surface area contributed by atoms with Crippen molar-refractivity contribution in [3.63, 3.8) is 0 Å². The highest BCUT2D eigenvalue weighted by Crippen LogP contribution is 2.22. The maximum Gasteiger partial charge on any atom is 0.241 e. The number of carbonyl (C=O) groups excluding carboxylic acids is 2. The lowest BCUT2D eigenvalue weighted by atomic mass is 9.88. The topological polar surface area (TPSA) is 77.0 Å². The molecule has 174 valence electrons. The molecule has 1 aliphatic carbocycles. The number of nitrogens with zero attached hydrogens (tertiary/aromatic N) is 3. The summed E-state index contributed by atoms with van der Waals surface area (Å²) in [4.78, 5) is 32.3. The fourth-order valence-corrected chi connectivity index (χ4v) is 4.36. The van der Waals surface area contributed by atoms with Crippen molar-refractivity contribution in [1.29, 1.82) is 0 Å². The Labute approximate surface area is 195 Å². The first kappa shape index (κ1) is 22.8. The van der Waals surface area contributed by atoms with Gasteiger partial charge in [-0.25, -0.2) is 4.99 Å². The van der Waals surface area contributed by atoms with Crippen LogP contribution in [-0.4, -0.2) is 55.9 Å². The van der Waals surface area contributed by atoms with Gasteiger partial charge in [0.2, 0.25) is 11.8 Å². The molecule has 0 aromatic heterocycles. The summed E-state index contributed by atoms with van der Waals surface area (Å²) < 4.78 is 0. The van der Waals surface area contributed by atoms with Crippen molar-refractivity contribution < 1.29 is 9.59 Å². The number of hydrogen-bond acceptors (Lipinski definition) is 3. The summed E-state index contributed by atoms with van der Waals surface area (Å²) in [7, 11) is 3.50. The third-order valence-electron chi connectivity index (χ3n) is 6.33. The van der Waals surface area contributed by atoms with Crippen LogP contribution >= 0.6 is 0 Å². The first-order valence-electron chi connectivity index (χ1n) is 11.7. The summed E-state index contributed by atoms with van der Waals surface area (Å²) in [5.74, 6) is 0.836. The normalized spacial score (nSPS) is 18.1. The number of aryl methyl sites for hydroxylation is 1. The molecule has 4 rings (SSSR count). The van der Waals surface area contributed by atoms with E-state index in [0.29, 0.717) is 18.9 Å². The number of rotatable bonds is 6. The lowest BCUT2D eigenvalue weighted by Gasteiger charge is -2.27. The number of fused-ring (bicyclic) bond motifs is 1. The van der Waals surface area contributed by atoms with Crippen molar-refractivity contribution in [1.82, 2.24) is 15.5 Å². The van der Waals surface area contributed by atoms with Crippen LogP contribution in [-0.2, 0) is 29.0 Å². The van der Waals surface area contributed by atoms with Gasteiger partial charge in [-0.3, -0.25) is 9.59 Å². The second kappa shape index (κ2) is 10.5. The van der Waals surface area contributed by atoms with Crippen LogP contribution in [0, 0.1) is 0 Å². The van der Waals surface area contributed by atoms with Crippen LogP contribution in [0.25, 0.3) is 0 Å². The molecule has 1 heterocycles. The Kier molecular flexibility index (Phi) is 7.27. The molecule has 0 bridgehead atoms. The highest BCUT2D eigenvalue weighted by atomic mass is 16.2. The molecule has 0 radical (unpaired) electrons. The number of guanidine groups is 1. The van der Waals surface area contributed by atoms with E-state index >= 15 is 0 Å². The quantitative estimate of drug-likeness (QED) is 0.527. The van der Waals surface area contributed by atoms with E-state index in [1.807, 2.05) is 29.2 Å². The SMILES string of the molecule is CN(C)C(=O)CNC(=NCc1ccc(N2CCCC2=O)cc1)NC1CCc2ccccc2C1. The largest absolute Gasteiger partial charge is 0.353 e. The van der Waals surface area contributed by atoms with Crippen LogP contribution in [0.5, 0.6) is 0 Å². The maximum atomic E-state index is 12.1. The third-order valence-corrected chi connectivity index (χ3v) is 6.33. The lowest BCUT2D eigenvalue weighted by molar-refractivity contribution is -0.127. The Balaban J connectivity index is 1.42. The van der Waals surface area contributed by atoms with Gasteiger partial charge in [-0.2, -0.15) is 0 Å². The summed E-state index contributed by atoms with van der Waals surface area (Å²) >= 11 is 0. The molecule has 2 aromatic carbocycles. The van der Waals surface area contributed by atoms with E-state index < -0.39 is 0 Å². The van der Waals surface area contributed by atoms with Crippen LogP contribution in [0.4, 0.5) is 5.69 Å². The molecule has 1 saturated heterocycles. The average Bonchev–Trinajstić information content (AvgIpc) is 3.26. The molecule has 2 amide bonds. The maximum absolute atomic E-state index is 12.1. The monoisotopic (exact) mass is 447 g/mol. The fraction of sp³-hybridized carbons (Fsp3) is 0.423. The second-order valence-electron chi connectivity index (χ2n) is 8.97. The number of benzene rings is 2. The number of anilines is 1. The molecule has 2 aromatic rings. The number of carbonyl (C=O) groups is 2. The Morgan fingerprint density at radius 3 is 2.55 bits per heavy atom. The van der Waals surface area contributed by atoms with Gasteiger partial charge >= 0.3 is 0 Å². The van der Waals surface area contributed by atoms with Gasteiger partial charge in [0.15, 0.2) is 5.96 Å². The molecule has 1 unspecified atom stereocenters. The lowest BCUT2D eigenvalue weighted by Crippen LogP contribution is -2.48. The van der Waals surface area contributed by atoms with Crippen molar-refractivity contribution in [3.8, 4) is 0 Å². The molecule has 7 nitrogen and oxygen atoms in total. The van der Waals surface area contributed by atoms with Gasteiger partial charge in [-0.1, -0.05) is 36.4 Å². The molecule has 1 atom stereocenters. The van der Waals surface area contributed by atoms with Crippen molar-refractivity contribution in [2.24, 2.45) is 4.99 Å². The first-order valence-corrected chi connectivity index (χ1v) is 11.7. The number of aliphatic imine (C=N–C) groups is 1. The zero-order valence-corrected chi connectivity index (χ0v) is 19.5. The summed E-state index contributed by atoms with van der Waals surface area (Å²) in [5.41, 5.74) is 4.79. The van der Waals surface area contributed by atoms with E-state index in [9.17, 15) is 9.59 Å². The minimum Gasteiger partial charge on any atom is -0.353 e. The predicted octanol–water partition coefficient (Wildman–Crippen LogP) is 2.49. The van der Waals surface area contributed by atoms with Crippen molar-refractivity contribution in [3.05, 3.63) is 65.2 Å². The predicted molar refractivity (Wildman–Crippen MR) is 131 cm³/mol. The third kappa shape index (κ3) is 5.92. The number of likely N-dealkylation sites (N-methyl/N-ethyl adjacent to an activating group) is 1. The molecule has 0 spiro atoms. The standard InChI is InChI=1S/C26H33N5O2/c1-30(2)25(33)18-28-26(29-22-12-11-20-6-3-4-7-21(20)16-22)27-17-19-9-13-23(14-10-19)31-15-5-8-24(31)32/h3-4,6-7,9-10,13-14,22H,5,8,11-12,15-18H2,1-2H3,(H2,27,28,29). The molecule has 2 aliphatic rings. The van der Waals surface area contributed by atoms with Crippen LogP contribution < -0.4 is 15.5 Å². The molecule has 1 aliphatic heterocycles. The van der Waals surface area contributed by atoms with E-state index in [1.54, 1.807) is 19.0 Å². The second-order valence-corrected chi connectivity index (χ2v) is 8.97. The van der Waals surface area contributed by atoms with Gasteiger partial charge in [0.1, 0.15) is 0 Å². The van der Waals surface area contributed by atoms with E-state index in [4.69, 9.17) is 4.99 Å². The van der Waals surface area contributed by atoms with Crippen LogP contribution in [0.15, 0.2) is 53.5 Å². The highest BCUT2D eigenvalue weighted by Gasteiger charge is 2.22. The molecular formula is C26H33N5O2. The summed E-state index contributed by atoms with van der Waals surface area (Å²) in [6, 6.07) is 16.9. The average molecular weight is 448 g/mol. The minimum atomic E-state index is -0.00174. The minimum absolute atomic E-state index is 0.00174. The van der Waals surface area contributed by atoms with Crippen molar-refractivity contribution >= 4 is 23.5 Å². The molecule has 33 heavy (non-hydrogen) atoms. The Bertz CT molecular complexity index is 1020. The van der Waals surface area contributed by atoms with Gasteiger partial charge in [-0.15, -0.1) is 0 Å². The zero-order valence-electron chi connectivity index (χ0n) is 19.5. The van der Waals surface area contributed by atoms with E-state index in [-0.39, 0.29) is 24.4 Å². The summed E-state index contributed by atoms with van der Waals surface area (Å²) in [6.45, 7) is 1.47. The molecule has 7 heteroatoms. The number of nitrogens with one attached hydrogen (secondary N) is 2. The molecule has 0 saturated carbocycles. The Morgan fingerprint density at radius 1 is 1.09 bits per heavy atom. The van der Waals surface area contributed by atoms with E-state index in [1.165, 1.54) is 11.1 Å². The number of hydrogen-bond donors (Lipinski definition) is 2. The van der Waals surface area contributed by atoms with Gasteiger partial charge in [0.25, 0.3) is 0 Å². The molecular weight excluding hydrogens is 414 g/mol. The van der Waals surface area contributed by atoms with Gasteiger partial charge in [0.05, 0.1) is 13.1 Å². The van der Waals surface area contributed by atoms with Crippen molar-refractivity contribution in [2.45, 2.75) is 44.7 Å². The summed E-state index contributed by atoms with van der Waals surface area (Å²) in [6.07, 6.45) is 4.55. The molecule has 2 N–H and O–H groups in total. The van der Waals surface area contributed by atoms with Crippen LogP contribution in [0.3, 0.4) is 0 Å². The highest BCUT2D eigenvalue weighted by molar-refractivity contribution is 5.95. The van der Waals surface area contributed by atoms with E-state index in [0.717, 1.165) is 43.5 Å². The zero-order chi connectivity index (χ0) is 23.2. The van der Waals surface area contributed by atoms with Gasteiger partial charge < -0.3 is 20.4 Å². The first-order chi connectivity index (χ1) is 16.0. The van der Waals surface area contributed by atoms with Crippen LogP contribution in [0.2, 0.25) is 0 Å². The van der Waals surface area contributed by atoms with Gasteiger partial charge in [-0.05, 0) is 54.5 Å². The van der Waals surface area contributed by atoms with Crippen molar-refractivity contribution in [2.75, 3.05) is 32.1 Å². The number of amides is 2. The van der Waals surface area contributed by atoms with Gasteiger partial charge in [0, 0.05) is 38.8 Å². The van der Waals surface area contributed by atoms with Crippen LogP contribution in [0.1, 0.15) is 36.0 Å². The van der Waals surface area contributed by atoms with E-state index in [2.05, 4.69) is 34.9 Å². The Hall–Kier alpha value is -3.35. The summed E-state index contributed by atoms with van der Waals surface area (Å²) in [5, 5.41) is 6.74. The Morgan fingerprint density at radius 2 is 1.85 bits per heavy atom. The fourth-order valence-electron chi connectivity index (χ4n) is 4.36. The smallest absolute Gasteiger partial charge is 0.241 e. The molecule has 1 fully saturated rings.